The number of ether oxygens (including phenoxy) is 2. The molecule has 0 radical (unpaired) electrons. The van der Waals surface area contributed by atoms with Crippen molar-refractivity contribution in [3.05, 3.63) is 51.8 Å². The van der Waals surface area contributed by atoms with Crippen LogP contribution >= 0.6 is 0 Å². The van der Waals surface area contributed by atoms with E-state index in [1.807, 2.05) is 0 Å². The van der Waals surface area contributed by atoms with Gasteiger partial charge in [-0.1, -0.05) is 33.6 Å². The minimum Gasteiger partial charge on any atom is -0.494 e. The van der Waals surface area contributed by atoms with Crippen LogP contribution in [-0.4, -0.2) is 54.8 Å². The lowest BCUT2D eigenvalue weighted by Crippen LogP contribution is -2.39. The van der Waals surface area contributed by atoms with Gasteiger partial charge >= 0.3 is 5.97 Å². The van der Waals surface area contributed by atoms with Gasteiger partial charge in [0.15, 0.2) is 0 Å². The third-order valence-electron chi connectivity index (χ3n) is 8.87. The number of nitro benzene ring substituents is 1. The highest BCUT2D eigenvalue weighted by Gasteiger charge is 2.34. The molecule has 3 N–H and O–H groups in total. The van der Waals surface area contributed by atoms with Crippen molar-refractivity contribution >= 4 is 34.6 Å². The molecule has 1 saturated carbocycles. The average Bonchev–Trinajstić information content (AvgIpc) is 2.99. The molecule has 1 saturated heterocycles. The summed E-state index contributed by atoms with van der Waals surface area (Å²) in [5.41, 5.74) is 0.839. The quantitative estimate of drug-likeness (QED) is 0.192. The molecule has 2 aliphatic rings. The maximum Gasteiger partial charge on any atom is 0.308 e. The highest BCUT2D eigenvalue weighted by atomic mass is 19.1. The lowest BCUT2D eigenvalue weighted by atomic mass is 9.72. The number of nitrogens with one attached hydrogen (secondary N) is 2. The van der Waals surface area contributed by atoms with Crippen LogP contribution in [0, 0.1) is 39.6 Å². The van der Waals surface area contributed by atoms with Gasteiger partial charge in [0.05, 0.1) is 29.7 Å². The highest BCUT2D eigenvalue weighted by Crippen LogP contribution is 2.38. The first-order chi connectivity index (χ1) is 21.0. The number of benzene rings is 2. The van der Waals surface area contributed by atoms with E-state index in [0.717, 1.165) is 25.0 Å². The van der Waals surface area contributed by atoms with Gasteiger partial charge in [-0.15, -0.1) is 0 Å². The number of halogens is 1. The SMILES string of the molecule is COc1cc(NCc2c(F)ccc([N+](=O)[O-])c2N2CCCC(C(=O)O)C2)ccc1NC(=O)COC1CCCC(C)C1C(C)C. The summed E-state index contributed by atoms with van der Waals surface area (Å²) in [5, 5.41) is 27.4. The van der Waals surface area contributed by atoms with Gasteiger partial charge in [-0.25, -0.2) is 4.39 Å². The van der Waals surface area contributed by atoms with E-state index in [4.69, 9.17) is 9.47 Å². The number of hydrogen-bond donors (Lipinski definition) is 3. The summed E-state index contributed by atoms with van der Waals surface area (Å²) < 4.78 is 26.7. The van der Waals surface area contributed by atoms with Crippen molar-refractivity contribution in [1.82, 2.24) is 0 Å². The summed E-state index contributed by atoms with van der Waals surface area (Å²) in [7, 11) is 1.47. The van der Waals surface area contributed by atoms with Gasteiger partial charge in [-0.05, 0) is 55.2 Å². The number of amides is 1. The Hall–Kier alpha value is -3.93. The van der Waals surface area contributed by atoms with Crippen molar-refractivity contribution in [2.75, 3.05) is 42.3 Å². The predicted octanol–water partition coefficient (Wildman–Crippen LogP) is 6.07. The van der Waals surface area contributed by atoms with E-state index >= 15 is 4.39 Å². The number of carbonyl (C=O) groups is 2. The molecule has 2 fully saturated rings. The minimum absolute atomic E-state index is 0.0389. The lowest BCUT2D eigenvalue weighted by molar-refractivity contribution is -0.384. The van der Waals surface area contributed by atoms with Gasteiger partial charge in [0, 0.05) is 43.0 Å². The first-order valence-electron chi connectivity index (χ1n) is 15.3. The maximum atomic E-state index is 15.2. The van der Waals surface area contributed by atoms with E-state index in [9.17, 15) is 24.8 Å². The fourth-order valence-electron chi connectivity index (χ4n) is 6.79. The van der Waals surface area contributed by atoms with Crippen molar-refractivity contribution in [2.24, 2.45) is 23.7 Å². The van der Waals surface area contributed by atoms with Crippen LogP contribution < -0.4 is 20.3 Å². The monoisotopic (exact) mass is 614 g/mol. The Morgan fingerprint density at radius 3 is 2.64 bits per heavy atom. The van der Waals surface area contributed by atoms with Crippen molar-refractivity contribution in [2.45, 2.75) is 65.5 Å². The van der Waals surface area contributed by atoms with Crippen LogP contribution in [0.15, 0.2) is 30.3 Å². The molecule has 0 spiro atoms. The van der Waals surface area contributed by atoms with Crippen molar-refractivity contribution in [3.63, 3.8) is 0 Å². The van der Waals surface area contributed by atoms with Gasteiger partial charge in [0.25, 0.3) is 5.69 Å². The molecule has 12 heteroatoms. The first-order valence-corrected chi connectivity index (χ1v) is 15.3. The van der Waals surface area contributed by atoms with Crippen LogP contribution in [-0.2, 0) is 20.9 Å². The molecule has 4 unspecified atom stereocenters. The number of nitrogens with zero attached hydrogens (tertiary/aromatic N) is 2. The number of hydrogen-bond acceptors (Lipinski definition) is 8. The number of rotatable bonds is 12. The number of carboxylic acids is 1. The van der Waals surface area contributed by atoms with Crippen LogP contribution in [0.25, 0.3) is 0 Å². The molecular formula is C32H43FN4O7. The largest absolute Gasteiger partial charge is 0.494 e. The fraction of sp³-hybridized carbons (Fsp3) is 0.562. The third kappa shape index (κ3) is 7.77. The highest BCUT2D eigenvalue weighted by molar-refractivity contribution is 5.93. The Balaban J connectivity index is 1.46. The molecule has 1 aliphatic carbocycles. The Morgan fingerprint density at radius 2 is 1.95 bits per heavy atom. The number of methoxy groups -OCH3 is 1. The molecule has 0 aromatic heterocycles. The second-order valence-electron chi connectivity index (χ2n) is 12.2. The Kier molecular flexibility index (Phi) is 11.0. The smallest absolute Gasteiger partial charge is 0.308 e. The first kappa shape index (κ1) is 33.0. The zero-order chi connectivity index (χ0) is 32.0. The molecule has 2 aromatic carbocycles. The molecule has 44 heavy (non-hydrogen) atoms. The Labute approximate surface area is 257 Å². The molecule has 0 bridgehead atoms. The van der Waals surface area contributed by atoms with Gasteiger partial charge in [0.1, 0.15) is 23.9 Å². The lowest BCUT2D eigenvalue weighted by Gasteiger charge is -2.38. The van der Waals surface area contributed by atoms with Gasteiger partial charge in [-0.2, -0.15) is 0 Å². The Bertz CT molecular complexity index is 1350. The summed E-state index contributed by atoms with van der Waals surface area (Å²) in [4.78, 5) is 37.3. The summed E-state index contributed by atoms with van der Waals surface area (Å²) >= 11 is 0. The second-order valence-corrected chi connectivity index (χ2v) is 12.2. The number of aliphatic carboxylic acids is 1. The standard InChI is InChI=1S/C32H43FN4O7/c1-19(2)30-20(3)7-5-9-27(30)44-18-29(38)35-25-12-10-22(15-28(25)43-4)34-16-23-24(33)11-13-26(37(41)42)31(23)36-14-6-8-21(17-36)32(39)40/h10-13,15,19-21,27,30,34H,5-9,14,16-18H2,1-4H3,(H,35,38)(H,39,40). The number of anilines is 3. The second kappa shape index (κ2) is 14.7. The minimum atomic E-state index is -0.984. The number of carbonyl (C=O) groups excluding carboxylic acids is 1. The number of carboxylic acid groups (broad SMARTS) is 1. The van der Waals surface area contributed by atoms with Gasteiger partial charge < -0.3 is 30.1 Å². The normalized spacial score (nSPS) is 22.0. The zero-order valence-corrected chi connectivity index (χ0v) is 25.8. The van der Waals surface area contributed by atoms with E-state index < -0.39 is 22.6 Å². The zero-order valence-electron chi connectivity index (χ0n) is 25.8. The van der Waals surface area contributed by atoms with Crippen LogP contribution in [0.1, 0.15) is 58.4 Å². The van der Waals surface area contributed by atoms with Crippen LogP contribution in [0.3, 0.4) is 0 Å². The summed E-state index contributed by atoms with van der Waals surface area (Å²) in [6.45, 7) is 6.90. The van der Waals surface area contributed by atoms with Crippen molar-refractivity contribution in [3.8, 4) is 5.75 Å². The van der Waals surface area contributed by atoms with Crippen molar-refractivity contribution in [1.29, 1.82) is 0 Å². The molecule has 1 heterocycles. The van der Waals surface area contributed by atoms with E-state index in [1.165, 1.54) is 13.5 Å². The van der Waals surface area contributed by atoms with Crippen LogP contribution in [0.2, 0.25) is 0 Å². The average molecular weight is 615 g/mol. The molecule has 240 valence electrons. The fourth-order valence-corrected chi connectivity index (χ4v) is 6.79. The maximum absolute atomic E-state index is 15.2. The summed E-state index contributed by atoms with van der Waals surface area (Å²) in [5.74, 6) is -0.837. The molecule has 4 rings (SSSR count). The number of nitro groups is 1. The van der Waals surface area contributed by atoms with Crippen LogP contribution in [0.5, 0.6) is 5.75 Å². The van der Waals surface area contributed by atoms with Crippen molar-refractivity contribution < 1.29 is 33.5 Å². The molecule has 2 aromatic rings. The summed E-state index contributed by atoms with van der Waals surface area (Å²) in [6, 6.07) is 7.15. The molecule has 1 aliphatic heterocycles. The molecule has 11 nitrogen and oxygen atoms in total. The third-order valence-corrected chi connectivity index (χ3v) is 8.87. The van der Waals surface area contributed by atoms with E-state index in [-0.39, 0.29) is 48.6 Å². The van der Waals surface area contributed by atoms with E-state index in [0.29, 0.717) is 54.3 Å². The predicted molar refractivity (Wildman–Crippen MR) is 166 cm³/mol. The molecular weight excluding hydrogens is 571 g/mol. The summed E-state index contributed by atoms with van der Waals surface area (Å²) in [6.07, 6.45) is 4.21. The van der Waals surface area contributed by atoms with E-state index in [2.05, 4.69) is 31.4 Å². The number of piperidine rings is 1. The molecule has 4 atom stereocenters. The van der Waals surface area contributed by atoms with Crippen LogP contribution in [0.4, 0.5) is 27.1 Å². The van der Waals surface area contributed by atoms with Gasteiger partial charge in [0.2, 0.25) is 5.91 Å². The molecule has 1 amide bonds. The van der Waals surface area contributed by atoms with E-state index in [1.54, 1.807) is 23.1 Å². The van der Waals surface area contributed by atoms with Gasteiger partial charge in [-0.3, -0.25) is 19.7 Å². The topological polar surface area (TPSA) is 143 Å². The Morgan fingerprint density at radius 1 is 1.18 bits per heavy atom.